The quantitative estimate of drug-likeness (QED) is 0.166. The molecule has 0 aliphatic rings. The predicted octanol–water partition coefficient (Wildman–Crippen LogP) is 7.23. The smallest absolute Gasteiger partial charge is 0.416 e. The SMILES string of the molecule is CCCCOc1cc(OCC)c(-c2ccc(CC(=O)Nc3ccc(CC(C)(C)CO)c(C(F)(F)F)c3)c(F)c2)cn1. The van der Waals surface area contributed by atoms with Crippen LogP contribution in [0.1, 0.15) is 57.2 Å². The highest BCUT2D eigenvalue weighted by Crippen LogP contribution is 2.37. The number of aromatic nitrogens is 1. The molecule has 0 fully saturated rings. The Morgan fingerprint density at radius 2 is 1.76 bits per heavy atom. The number of hydrogen-bond donors (Lipinski definition) is 2. The van der Waals surface area contributed by atoms with Crippen LogP contribution in [0.4, 0.5) is 23.2 Å². The molecule has 222 valence electrons. The van der Waals surface area contributed by atoms with Gasteiger partial charge in [-0.1, -0.05) is 45.4 Å². The number of carbonyl (C=O) groups is 1. The van der Waals surface area contributed by atoms with E-state index in [4.69, 9.17) is 9.47 Å². The molecule has 0 saturated heterocycles. The van der Waals surface area contributed by atoms with Gasteiger partial charge in [0.1, 0.15) is 11.6 Å². The van der Waals surface area contributed by atoms with Crippen molar-refractivity contribution in [3.63, 3.8) is 0 Å². The zero-order valence-corrected chi connectivity index (χ0v) is 23.7. The molecule has 0 spiro atoms. The molecule has 0 aliphatic heterocycles. The third-order valence-electron chi connectivity index (χ3n) is 6.40. The summed E-state index contributed by atoms with van der Waals surface area (Å²) < 4.78 is 67.7. The number of aliphatic hydroxyl groups excluding tert-OH is 1. The fourth-order valence-corrected chi connectivity index (χ4v) is 4.19. The predicted molar refractivity (Wildman–Crippen MR) is 150 cm³/mol. The molecule has 0 atom stereocenters. The first-order valence-corrected chi connectivity index (χ1v) is 13.5. The molecule has 0 saturated carbocycles. The van der Waals surface area contributed by atoms with Gasteiger partial charge in [-0.2, -0.15) is 13.2 Å². The van der Waals surface area contributed by atoms with Gasteiger partial charge in [-0.25, -0.2) is 9.37 Å². The molecule has 0 aliphatic carbocycles. The van der Waals surface area contributed by atoms with E-state index in [1.807, 2.05) is 6.92 Å². The maximum atomic E-state index is 15.1. The summed E-state index contributed by atoms with van der Waals surface area (Å²) in [6.45, 7) is 7.81. The number of unbranched alkanes of at least 4 members (excludes halogenated alkanes) is 1. The van der Waals surface area contributed by atoms with Crippen LogP contribution in [0.2, 0.25) is 0 Å². The van der Waals surface area contributed by atoms with Crippen molar-refractivity contribution >= 4 is 11.6 Å². The summed E-state index contributed by atoms with van der Waals surface area (Å²) in [5.74, 6) is -0.442. The number of amides is 1. The molecular formula is C31H36F4N2O4. The van der Waals surface area contributed by atoms with Crippen LogP contribution in [0.15, 0.2) is 48.7 Å². The van der Waals surface area contributed by atoms with Crippen LogP contribution in [0.3, 0.4) is 0 Å². The van der Waals surface area contributed by atoms with Gasteiger partial charge in [0.25, 0.3) is 0 Å². The summed E-state index contributed by atoms with van der Waals surface area (Å²) in [5, 5.41) is 11.9. The molecular weight excluding hydrogens is 540 g/mol. The van der Waals surface area contributed by atoms with Crippen molar-refractivity contribution in [3.8, 4) is 22.8 Å². The summed E-state index contributed by atoms with van der Waals surface area (Å²) in [6.07, 6.45) is -1.64. The maximum Gasteiger partial charge on any atom is 0.416 e. The molecule has 0 radical (unpaired) electrons. The van der Waals surface area contributed by atoms with E-state index in [9.17, 15) is 23.1 Å². The topological polar surface area (TPSA) is 80.7 Å². The van der Waals surface area contributed by atoms with Crippen molar-refractivity contribution in [2.75, 3.05) is 25.1 Å². The molecule has 6 nitrogen and oxygen atoms in total. The Hall–Kier alpha value is -3.66. The highest BCUT2D eigenvalue weighted by molar-refractivity contribution is 5.92. The monoisotopic (exact) mass is 576 g/mol. The molecule has 3 rings (SSSR count). The van der Waals surface area contributed by atoms with Crippen molar-refractivity contribution in [1.82, 2.24) is 4.98 Å². The Morgan fingerprint density at radius 3 is 2.39 bits per heavy atom. The Kier molecular flexibility index (Phi) is 10.7. The number of nitrogens with one attached hydrogen (secondary N) is 1. The number of rotatable bonds is 13. The lowest BCUT2D eigenvalue weighted by atomic mass is 9.84. The molecule has 2 N–H and O–H groups in total. The minimum absolute atomic E-state index is 0.000726. The lowest BCUT2D eigenvalue weighted by Crippen LogP contribution is -2.22. The van der Waals surface area contributed by atoms with Gasteiger partial charge in [-0.3, -0.25) is 4.79 Å². The molecule has 3 aromatic rings. The van der Waals surface area contributed by atoms with Crippen molar-refractivity contribution < 1.29 is 36.9 Å². The largest absolute Gasteiger partial charge is 0.493 e. The molecule has 2 aromatic carbocycles. The Bertz CT molecular complexity index is 1340. The van der Waals surface area contributed by atoms with Gasteiger partial charge in [0.05, 0.1) is 25.2 Å². The summed E-state index contributed by atoms with van der Waals surface area (Å²) in [6, 6.07) is 9.51. The number of ether oxygens (including phenoxy) is 2. The third kappa shape index (κ3) is 8.91. The van der Waals surface area contributed by atoms with Crippen molar-refractivity contribution in [3.05, 3.63) is 71.2 Å². The third-order valence-corrected chi connectivity index (χ3v) is 6.40. The highest BCUT2D eigenvalue weighted by atomic mass is 19.4. The maximum absolute atomic E-state index is 15.1. The van der Waals surface area contributed by atoms with Crippen LogP contribution >= 0.6 is 0 Å². The standard InChI is InChI=1S/C31H36F4N2O4/c1-5-7-12-41-29-16-27(40-6-2)24(18-36-29)20-8-9-21(26(32)13-20)14-28(39)37-23-11-10-22(17-30(3,4)19-38)25(15-23)31(33,34)35/h8-11,13,15-16,18,38H,5-7,12,14,17,19H2,1-4H3,(H,37,39). The van der Waals surface area contributed by atoms with E-state index in [2.05, 4.69) is 17.2 Å². The number of nitrogens with zero attached hydrogens (tertiary/aromatic N) is 1. The first-order valence-electron chi connectivity index (χ1n) is 13.5. The molecule has 0 unspecified atom stereocenters. The summed E-state index contributed by atoms with van der Waals surface area (Å²) in [7, 11) is 0. The second-order valence-electron chi connectivity index (χ2n) is 10.6. The summed E-state index contributed by atoms with van der Waals surface area (Å²) in [5.41, 5.74) is -0.580. The Morgan fingerprint density at radius 1 is 1.02 bits per heavy atom. The number of benzene rings is 2. The van der Waals surface area contributed by atoms with Gasteiger partial charge in [0.15, 0.2) is 0 Å². The van der Waals surface area contributed by atoms with Crippen LogP contribution in [-0.4, -0.2) is 35.8 Å². The van der Waals surface area contributed by atoms with Gasteiger partial charge in [-0.05, 0) is 60.1 Å². The number of alkyl halides is 3. The second kappa shape index (κ2) is 13.8. The number of anilines is 1. The van der Waals surface area contributed by atoms with E-state index >= 15 is 4.39 Å². The molecule has 1 aromatic heterocycles. The average Bonchev–Trinajstić information content (AvgIpc) is 2.90. The van der Waals surface area contributed by atoms with Crippen LogP contribution in [0, 0.1) is 11.2 Å². The lowest BCUT2D eigenvalue weighted by molar-refractivity contribution is -0.138. The second-order valence-corrected chi connectivity index (χ2v) is 10.6. The van der Waals surface area contributed by atoms with Crippen LogP contribution in [-0.2, 0) is 23.8 Å². The molecule has 0 bridgehead atoms. The number of pyridine rings is 1. The Balaban J connectivity index is 1.77. The fourth-order valence-electron chi connectivity index (χ4n) is 4.19. The van der Waals surface area contributed by atoms with E-state index < -0.39 is 28.9 Å². The zero-order chi connectivity index (χ0) is 30.2. The Labute approximate surface area is 237 Å². The van der Waals surface area contributed by atoms with E-state index in [0.717, 1.165) is 18.9 Å². The molecule has 1 heterocycles. The first kappa shape index (κ1) is 31.9. The summed E-state index contributed by atoms with van der Waals surface area (Å²) in [4.78, 5) is 16.9. The van der Waals surface area contributed by atoms with Gasteiger partial charge >= 0.3 is 6.18 Å². The zero-order valence-electron chi connectivity index (χ0n) is 23.7. The average molecular weight is 577 g/mol. The van der Waals surface area contributed by atoms with E-state index in [1.165, 1.54) is 30.5 Å². The normalized spacial score (nSPS) is 11.8. The molecule has 41 heavy (non-hydrogen) atoms. The van der Waals surface area contributed by atoms with E-state index in [0.29, 0.717) is 36.0 Å². The van der Waals surface area contributed by atoms with E-state index in [1.54, 1.807) is 26.0 Å². The molecule has 10 heteroatoms. The number of carbonyl (C=O) groups excluding carboxylic acids is 1. The minimum atomic E-state index is -4.65. The van der Waals surface area contributed by atoms with Crippen molar-refractivity contribution in [2.45, 2.75) is 59.6 Å². The van der Waals surface area contributed by atoms with Gasteiger partial charge < -0.3 is 19.9 Å². The van der Waals surface area contributed by atoms with Crippen molar-refractivity contribution in [2.24, 2.45) is 5.41 Å². The fraction of sp³-hybridized carbons (Fsp3) is 0.419. The lowest BCUT2D eigenvalue weighted by Gasteiger charge is -2.24. The van der Waals surface area contributed by atoms with Crippen LogP contribution in [0.25, 0.3) is 11.1 Å². The van der Waals surface area contributed by atoms with Crippen LogP contribution in [0.5, 0.6) is 11.6 Å². The van der Waals surface area contributed by atoms with Gasteiger partial charge in [-0.15, -0.1) is 0 Å². The minimum Gasteiger partial charge on any atom is -0.493 e. The molecule has 1 amide bonds. The first-order chi connectivity index (χ1) is 19.4. The number of aliphatic hydroxyl groups is 1. The van der Waals surface area contributed by atoms with Crippen molar-refractivity contribution in [1.29, 1.82) is 0 Å². The number of halogens is 4. The van der Waals surface area contributed by atoms with Crippen LogP contribution < -0.4 is 14.8 Å². The highest BCUT2D eigenvalue weighted by Gasteiger charge is 2.35. The summed E-state index contributed by atoms with van der Waals surface area (Å²) >= 11 is 0. The van der Waals surface area contributed by atoms with Gasteiger partial charge in [0, 0.05) is 30.1 Å². The van der Waals surface area contributed by atoms with E-state index in [-0.39, 0.29) is 36.3 Å². The van der Waals surface area contributed by atoms with Gasteiger partial charge in [0.2, 0.25) is 11.8 Å². The number of hydrogen-bond acceptors (Lipinski definition) is 5.